The van der Waals surface area contributed by atoms with Crippen molar-refractivity contribution in [2.75, 3.05) is 0 Å². The lowest BCUT2D eigenvalue weighted by Crippen LogP contribution is -2.35. The van der Waals surface area contributed by atoms with Gasteiger partial charge >= 0.3 is 0 Å². The molecule has 0 atom stereocenters. The van der Waals surface area contributed by atoms with Crippen LogP contribution in [0.5, 0.6) is 0 Å². The molecule has 2 aliphatic rings. The molecule has 0 spiro atoms. The largest absolute Gasteiger partial charge is 0.457 e. The number of hydrogen-bond acceptors (Lipinski definition) is 6. The number of halogens is 1. The van der Waals surface area contributed by atoms with Gasteiger partial charge in [-0.1, -0.05) is 28.1 Å². The first-order valence-corrected chi connectivity index (χ1v) is 10.5. The molecule has 0 saturated carbocycles. The molecule has 1 amide bonds. The molecule has 0 fully saturated rings. The minimum absolute atomic E-state index is 0.0435. The van der Waals surface area contributed by atoms with Crippen LogP contribution in [-0.4, -0.2) is 31.9 Å². The number of amides is 1. The number of nitrogens with one attached hydrogen (secondary N) is 1. The van der Waals surface area contributed by atoms with E-state index >= 15 is 0 Å². The number of hydrogen-bond donors (Lipinski definition) is 1. The van der Waals surface area contributed by atoms with Crippen molar-refractivity contribution in [3.05, 3.63) is 82.3 Å². The Bertz CT molecular complexity index is 1260. The van der Waals surface area contributed by atoms with Gasteiger partial charge in [0.1, 0.15) is 16.6 Å². The van der Waals surface area contributed by atoms with Crippen LogP contribution >= 0.6 is 27.7 Å². The van der Waals surface area contributed by atoms with Gasteiger partial charge in [-0.3, -0.25) is 15.2 Å². The Labute approximate surface area is 183 Å². The smallest absolute Gasteiger partial charge is 0.283 e. The zero-order chi connectivity index (χ0) is 20.7. The van der Waals surface area contributed by atoms with E-state index < -0.39 is 5.91 Å². The number of hydrazone groups is 1. The molecular weight excluding hydrogens is 466 g/mol. The fraction of sp³-hybridized carbons (Fsp3) is 0. The Morgan fingerprint density at radius 1 is 1.10 bits per heavy atom. The minimum Gasteiger partial charge on any atom is -0.457 e. The molecule has 1 N–H and O–H groups in total. The third kappa shape index (κ3) is 3.42. The average Bonchev–Trinajstić information content (AvgIpc) is 3.40. The van der Waals surface area contributed by atoms with Crippen LogP contribution in [0.15, 0.2) is 85.5 Å². The summed E-state index contributed by atoms with van der Waals surface area (Å²) in [6.07, 6.45) is 4.88. The van der Waals surface area contributed by atoms with Crippen LogP contribution in [0.2, 0.25) is 0 Å². The normalized spacial score (nSPS) is 17.2. The Morgan fingerprint density at radius 2 is 1.93 bits per heavy atom. The maximum absolute atomic E-state index is 12.6. The molecule has 0 saturated heterocycles. The molecule has 2 aliphatic heterocycles. The zero-order valence-corrected chi connectivity index (χ0v) is 17.6. The van der Waals surface area contributed by atoms with Crippen LogP contribution in [0.1, 0.15) is 11.3 Å². The Hall–Kier alpha value is -3.30. The highest BCUT2D eigenvalue weighted by Gasteiger charge is 2.36. The van der Waals surface area contributed by atoms with Crippen molar-refractivity contribution in [1.82, 2.24) is 9.99 Å². The molecule has 0 bridgehead atoms. The summed E-state index contributed by atoms with van der Waals surface area (Å²) >= 11 is 4.65. The van der Waals surface area contributed by atoms with Crippen LogP contribution in [0.25, 0.3) is 17.4 Å². The van der Waals surface area contributed by atoms with Gasteiger partial charge in [0.05, 0.1) is 5.57 Å². The van der Waals surface area contributed by atoms with Gasteiger partial charge in [-0.25, -0.2) is 0 Å². The topological polar surface area (TPSA) is 94.9 Å². The zero-order valence-electron chi connectivity index (χ0n) is 15.2. The summed E-state index contributed by atoms with van der Waals surface area (Å²) < 4.78 is 6.83. The number of carbonyl (C=O) groups is 1. The molecule has 0 unspecified atom stereocenters. The highest BCUT2D eigenvalue weighted by atomic mass is 79.9. The molecule has 30 heavy (non-hydrogen) atoms. The van der Waals surface area contributed by atoms with Crippen molar-refractivity contribution in [1.29, 1.82) is 5.41 Å². The van der Waals surface area contributed by atoms with E-state index in [9.17, 15) is 4.79 Å². The molecule has 9 heteroatoms. The third-order valence-electron chi connectivity index (χ3n) is 4.41. The summed E-state index contributed by atoms with van der Waals surface area (Å²) in [5.41, 5.74) is 1.83. The number of aromatic nitrogens is 1. The molecule has 146 valence electrons. The Kier molecular flexibility index (Phi) is 4.68. The van der Waals surface area contributed by atoms with Crippen LogP contribution in [0.4, 0.5) is 0 Å². The second kappa shape index (κ2) is 7.51. The number of aliphatic imine (C=N–C) groups is 1. The minimum atomic E-state index is -0.497. The van der Waals surface area contributed by atoms with E-state index in [4.69, 9.17) is 9.83 Å². The van der Waals surface area contributed by atoms with E-state index in [1.807, 2.05) is 36.4 Å². The number of amidine groups is 2. The molecule has 4 heterocycles. The molecule has 0 aliphatic carbocycles. The number of carbonyl (C=O) groups excluding carboxylic acids is 1. The number of pyridine rings is 1. The van der Waals surface area contributed by atoms with Gasteiger partial charge in [0, 0.05) is 28.0 Å². The first-order valence-electron chi connectivity index (χ1n) is 8.85. The highest BCUT2D eigenvalue weighted by Crippen LogP contribution is 2.31. The second-order valence-electron chi connectivity index (χ2n) is 6.38. The monoisotopic (exact) mass is 477 g/mol. The van der Waals surface area contributed by atoms with Gasteiger partial charge < -0.3 is 4.42 Å². The fourth-order valence-corrected chi connectivity index (χ4v) is 4.09. The Morgan fingerprint density at radius 3 is 2.70 bits per heavy atom. The van der Waals surface area contributed by atoms with Crippen LogP contribution in [-0.2, 0) is 4.79 Å². The van der Waals surface area contributed by atoms with Crippen molar-refractivity contribution in [3.63, 3.8) is 0 Å². The Balaban J connectivity index is 1.44. The molecule has 1 aromatic carbocycles. The first kappa shape index (κ1) is 18.7. The number of rotatable bonds is 3. The second-order valence-corrected chi connectivity index (χ2v) is 8.25. The molecule has 2 aromatic heterocycles. The van der Waals surface area contributed by atoms with E-state index in [1.165, 1.54) is 22.8 Å². The maximum atomic E-state index is 12.6. The number of nitrogens with zero attached hydrogens (tertiary/aromatic N) is 4. The standard InChI is InChI=1S/C21H12BrN5O2S/c22-14-5-3-12(4-6-14)17-8-7-15(29-17)10-16-18(23)27-21(25-19(16)28)30-20(26-27)13-2-1-9-24-11-13/h1-11,23H/b16-10+,23-18?. The number of thioether (sulfide) groups is 1. The summed E-state index contributed by atoms with van der Waals surface area (Å²) in [6.45, 7) is 0. The number of benzene rings is 1. The van der Waals surface area contributed by atoms with Gasteiger partial charge in [-0.05, 0) is 54.2 Å². The van der Waals surface area contributed by atoms with Crippen LogP contribution < -0.4 is 0 Å². The van der Waals surface area contributed by atoms with Gasteiger partial charge in [-0.15, -0.1) is 0 Å². The first-order chi connectivity index (χ1) is 14.6. The van der Waals surface area contributed by atoms with E-state index in [0.29, 0.717) is 21.7 Å². The van der Waals surface area contributed by atoms with E-state index in [-0.39, 0.29) is 11.4 Å². The SMILES string of the molecule is N=C1/C(=C\c2ccc(-c3ccc(Br)cc3)o2)C(=O)N=C2SC(c3cccnc3)=NN12. The predicted octanol–water partition coefficient (Wildman–Crippen LogP) is 4.77. The number of furan rings is 1. The quantitative estimate of drug-likeness (QED) is 0.548. The average molecular weight is 478 g/mol. The van der Waals surface area contributed by atoms with Crippen LogP contribution in [0.3, 0.4) is 0 Å². The predicted molar refractivity (Wildman–Crippen MR) is 120 cm³/mol. The van der Waals surface area contributed by atoms with Gasteiger partial charge in [0.2, 0.25) is 5.17 Å². The third-order valence-corrected chi connectivity index (χ3v) is 5.89. The van der Waals surface area contributed by atoms with E-state index in [1.54, 1.807) is 24.5 Å². The molecule has 0 radical (unpaired) electrons. The fourth-order valence-electron chi connectivity index (χ4n) is 2.94. The lowest BCUT2D eigenvalue weighted by atomic mass is 10.1. The van der Waals surface area contributed by atoms with Crippen molar-refractivity contribution in [2.45, 2.75) is 0 Å². The lowest BCUT2D eigenvalue weighted by Gasteiger charge is -2.19. The summed E-state index contributed by atoms with van der Waals surface area (Å²) in [7, 11) is 0. The van der Waals surface area contributed by atoms with Gasteiger partial charge in [0.25, 0.3) is 5.91 Å². The molecular formula is C21H12BrN5O2S. The van der Waals surface area contributed by atoms with Crippen molar-refractivity contribution >= 4 is 55.7 Å². The molecule has 3 aromatic rings. The number of fused-ring (bicyclic) bond motifs is 1. The molecule has 5 rings (SSSR count). The van der Waals surface area contributed by atoms with E-state index in [2.05, 4.69) is 31.0 Å². The summed E-state index contributed by atoms with van der Waals surface area (Å²) in [4.78, 5) is 20.7. The summed E-state index contributed by atoms with van der Waals surface area (Å²) in [5, 5.41) is 15.3. The van der Waals surface area contributed by atoms with Crippen molar-refractivity contribution in [2.24, 2.45) is 10.1 Å². The van der Waals surface area contributed by atoms with Crippen molar-refractivity contribution < 1.29 is 9.21 Å². The summed E-state index contributed by atoms with van der Waals surface area (Å²) in [5.74, 6) is 0.589. The lowest BCUT2D eigenvalue weighted by molar-refractivity contribution is -0.114. The van der Waals surface area contributed by atoms with Gasteiger partial charge in [0.15, 0.2) is 5.84 Å². The van der Waals surface area contributed by atoms with Crippen molar-refractivity contribution in [3.8, 4) is 11.3 Å². The maximum Gasteiger partial charge on any atom is 0.283 e. The van der Waals surface area contributed by atoms with Crippen LogP contribution in [0, 0.1) is 5.41 Å². The van der Waals surface area contributed by atoms with E-state index in [0.717, 1.165) is 15.6 Å². The highest BCUT2D eigenvalue weighted by molar-refractivity contribution is 9.10. The van der Waals surface area contributed by atoms with Gasteiger partial charge in [-0.2, -0.15) is 15.1 Å². The summed E-state index contributed by atoms with van der Waals surface area (Å²) in [6, 6.07) is 15.0. The molecule has 7 nitrogen and oxygen atoms in total.